The van der Waals surface area contributed by atoms with Gasteiger partial charge in [-0.05, 0) is 44.9 Å². The maximum Gasteiger partial charge on any atom is 0.257 e. The SMILES string of the molecule is CO[C@H]1CCCN(C(=O)c2ccc(Br)cc2OC(C)C)C1. The third-order valence-electron chi connectivity index (χ3n) is 3.54. The van der Waals surface area contributed by atoms with E-state index < -0.39 is 0 Å². The Kier molecular flexibility index (Phi) is 5.65. The Bertz CT molecular complexity index is 504. The predicted molar refractivity (Wildman–Crippen MR) is 85.8 cm³/mol. The summed E-state index contributed by atoms with van der Waals surface area (Å²) in [5.74, 6) is 0.642. The highest BCUT2D eigenvalue weighted by Crippen LogP contribution is 2.27. The average Bonchev–Trinajstić information content (AvgIpc) is 2.46. The van der Waals surface area contributed by atoms with Crippen LogP contribution in [0.5, 0.6) is 5.75 Å². The second-order valence-corrected chi connectivity index (χ2v) is 6.47. The highest BCUT2D eigenvalue weighted by molar-refractivity contribution is 9.10. The number of nitrogens with zero attached hydrogens (tertiary/aromatic N) is 1. The Hall–Kier alpha value is -1.07. The highest BCUT2D eigenvalue weighted by Gasteiger charge is 2.26. The van der Waals surface area contributed by atoms with Gasteiger partial charge in [0, 0.05) is 24.7 Å². The second kappa shape index (κ2) is 7.27. The van der Waals surface area contributed by atoms with Crippen molar-refractivity contribution in [3.05, 3.63) is 28.2 Å². The lowest BCUT2D eigenvalue weighted by molar-refractivity contribution is 0.0266. The zero-order valence-corrected chi connectivity index (χ0v) is 14.4. The summed E-state index contributed by atoms with van der Waals surface area (Å²) >= 11 is 3.43. The van der Waals surface area contributed by atoms with Gasteiger partial charge < -0.3 is 14.4 Å². The van der Waals surface area contributed by atoms with E-state index in [1.165, 1.54) is 0 Å². The predicted octanol–water partition coefficient (Wildman–Crippen LogP) is 3.49. The number of piperidine rings is 1. The van der Waals surface area contributed by atoms with Crippen molar-refractivity contribution in [2.75, 3.05) is 20.2 Å². The number of hydrogen-bond donors (Lipinski definition) is 0. The summed E-state index contributed by atoms with van der Waals surface area (Å²) in [4.78, 5) is 14.6. The molecule has 1 aliphatic heterocycles. The lowest BCUT2D eigenvalue weighted by Crippen LogP contribution is -2.43. The minimum atomic E-state index is 0.0138. The molecular formula is C16H22BrNO3. The molecule has 0 N–H and O–H groups in total. The molecule has 5 heteroatoms. The second-order valence-electron chi connectivity index (χ2n) is 5.56. The Balaban J connectivity index is 2.21. The van der Waals surface area contributed by atoms with Gasteiger partial charge in [-0.15, -0.1) is 0 Å². The summed E-state index contributed by atoms with van der Waals surface area (Å²) in [6.45, 7) is 5.33. The molecule has 0 saturated carbocycles. The molecule has 116 valence electrons. The molecule has 1 atom stereocenters. The van der Waals surface area contributed by atoms with Gasteiger partial charge >= 0.3 is 0 Å². The lowest BCUT2D eigenvalue weighted by Gasteiger charge is -2.32. The van der Waals surface area contributed by atoms with Gasteiger partial charge in [-0.1, -0.05) is 15.9 Å². The van der Waals surface area contributed by atoms with Crippen LogP contribution in [0.15, 0.2) is 22.7 Å². The molecule has 2 rings (SSSR count). The van der Waals surface area contributed by atoms with Gasteiger partial charge in [0.25, 0.3) is 5.91 Å². The van der Waals surface area contributed by atoms with Crippen molar-refractivity contribution >= 4 is 21.8 Å². The number of carbonyl (C=O) groups is 1. The first-order chi connectivity index (χ1) is 10.0. The van der Waals surface area contributed by atoms with E-state index in [1.54, 1.807) is 7.11 Å². The summed E-state index contributed by atoms with van der Waals surface area (Å²) in [6, 6.07) is 5.55. The first-order valence-corrected chi connectivity index (χ1v) is 8.09. The maximum absolute atomic E-state index is 12.7. The normalized spacial score (nSPS) is 18.9. The van der Waals surface area contributed by atoms with Gasteiger partial charge in [-0.2, -0.15) is 0 Å². The van der Waals surface area contributed by atoms with Crippen molar-refractivity contribution in [1.29, 1.82) is 0 Å². The third-order valence-corrected chi connectivity index (χ3v) is 4.03. The van der Waals surface area contributed by atoms with Crippen LogP contribution in [0.3, 0.4) is 0 Å². The number of carbonyl (C=O) groups excluding carboxylic acids is 1. The summed E-state index contributed by atoms with van der Waals surface area (Å²) < 4.78 is 12.1. The van der Waals surface area contributed by atoms with Crippen LogP contribution in [0.2, 0.25) is 0 Å². The van der Waals surface area contributed by atoms with Gasteiger partial charge in [-0.25, -0.2) is 0 Å². The standard InChI is InChI=1S/C16H22BrNO3/c1-11(2)21-15-9-12(17)6-7-14(15)16(19)18-8-4-5-13(10-18)20-3/h6-7,9,11,13H,4-5,8,10H2,1-3H3/t13-/m0/s1. The fraction of sp³-hybridized carbons (Fsp3) is 0.562. The molecule has 1 amide bonds. The van der Waals surface area contributed by atoms with E-state index in [-0.39, 0.29) is 18.1 Å². The summed E-state index contributed by atoms with van der Waals surface area (Å²) in [7, 11) is 1.70. The number of hydrogen-bond acceptors (Lipinski definition) is 3. The first-order valence-electron chi connectivity index (χ1n) is 7.29. The van der Waals surface area contributed by atoms with E-state index in [4.69, 9.17) is 9.47 Å². The highest BCUT2D eigenvalue weighted by atomic mass is 79.9. The Morgan fingerprint density at radius 2 is 2.19 bits per heavy atom. The monoisotopic (exact) mass is 355 g/mol. The van der Waals surface area contributed by atoms with Crippen molar-refractivity contribution < 1.29 is 14.3 Å². The van der Waals surface area contributed by atoms with E-state index in [2.05, 4.69) is 15.9 Å². The Morgan fingerprint density at radius 1 is 1.43 bits per heavy atom. The molecule has 1 aromatic rings. The van der Waals surface area contributed by atoms with Crippen molar-refractivity contribution in [3.63, 3.8) is 0 Å². The van der Waals surface area contributed by atoms with Crippen molar-refractivity contribution in [1.82, 2.24) is 4.90 Å². The van der Waals surface area contributed by atoms with Gasteiger partial charge in [0.2, 0.25) is 0 Å². The van der Waals surface area contributed by atoms with Crippen LogP contribution in [0.4, 0.5) is 0 Å². The molecule has 4 nitrogen and oxygen atoms in total. The molecule has 0 unspecified atom stereocenters. The van der Waals surface area contributed by atoms with Crippen LogP contribution < -0.4 is 4.74 Å². The maximum atomic E-state index is 12.7. The first kappa shape index (κ1) is 16.3. The molecule has 1 aromatic carbocycles. The van der Waals surface area contributed by atoms with E-state index >= 15 is 0 Å². The average molecular weight is 356 g/mol. The van der Waals surface area contributed by atoms with Crippen LogP contribution in [-0.2, 0) is 4.74 Å². The zero-order valence-electron chi connectivity index (χ0n) is 12.8. The van der Waals surface area contributed by atoms with Gasteiger partial charge in [0.15, 0.2) is 0 Å². The van der Waals surface area contributed by atoms with Crippen LogP contribution in [-0.4, -0.2) is 43.2 Å². The molecule has 1 saturated heterocycles. The van der Waals surface area contributed by atoms with Gasteiger partial charge in [0.05, 0.1) is 17.8 Å². The minimum absolute atomic E-state index is 0.0138. The van der Waals surface area contributed by atoms with Crippen molar-refractivity contribution in [2.24, 2.45) is 0 Å². The number of likely N-dealkylation sites (tertiary alicyclic amines) is 1. The third kappa shape index (κ3) is 4.20. The van der Waals surface area contributed by atoms with E-state index in [0.717, 1.165) is 23.9 Å². The smallest absolute Gasteiger partial charge is 0.257 e. The molecular weight excluding hydrogens is 334 g/mol. The van der Waals surface area contributed by atoms with Gasteiger partial charge in [0.1, 0.15) is 5.75 Å². The summed E-state index contributed by atoms with van der Waals surface area (Å²) in [6.07, 6.45) is 2.14. The van der Waals surface area contributed by atoms with E-state index in [1.807, 2.05) is 36.9 Å². The fourth-order valence-electron chi connectivity index (χ4n) is 2.51. The number of rotatable bonds is 4. The number of methoxy groups -OCH3 is 1. The van der Waals surface area contributed by atoms with Crippen molar-refractivity contribution in [3.8, 4) is 5.75 Å². The summed E-state index contributed by atoms with van der Waals surface area (Å²) in [5, 5.41) is 0. The van der Waals surface area contributed by atoms with Crippen LogP contribution in [0.1, 0.15) is 37.0 Å². The molecule has 0 radical (unpaired) electrons. The fourth-order valence-corrected chi connectivity index (χ4v) is 2.85. The number of benzene rings is 1. The molecule has 0 aromatic heterocycles. The molecule has 0 aliphatic carbocycles. The molecule has 0 bridgehead atoms. The van der Waals surface area contributed by atoms with Crippen LogP contribution in [0.25, 0.3) is 0 Å². The minimum Gasteiger partial charge on any atom is -0.490 e. The molecule has 1 aliphatic rings. The van der Waals surface area contributed by atoms with E-state index in [0.29, 0.717) is 17.9 Å². The number of amides is 1. The van der Waals surface area contributed by atoms with Crippen LogP contribution >= 0.6 is 15.9 Å². The van der Waals surface area contributed by atoms with Crippen molar-refractivity contribution in [2.45, 2.75) is 38.9 Å². The molecule has 21 heavy (non-hydrogen) atoms. The van der Waals surface area contributed by atoms with Crippen LogP contribution in [0, 0.1) is 0 Å². The topological polar surface area (TPSA) is 38.8 Å². The number of ether oxygens (including phenoxy) is 2. The number of halogens is 1. The molecule has 1 fully saturated rings. The van der Waals surface area contributed by atoms with E-state index in [9.17, 15) is 4.79 Å². The largest absolute Gasteiger partial charge is 0.490 e. The molecule has 1 heterocycles. The zero-order chi connectivity index (χ0) is 15.4. The van der Waals surface area contributed by atoms with Gasteiger partial charge in [-0.3, -0.25) is 4.79 Å². The molecule has 0 spiro atoms. The summed E-state index contributed by atoms with van der Waals surface area (Å²) in [5.41, 5.74) is 0.614. The lowest BCUT2D eigenvalue weighted by atomic mass is 10.1. The Labute approximate surface area is 134 Å². The quantitative estimate of drug-likeness (QED) is 0.829. The Morgan fingerprint density at radius 3 is 2.86 bits per heavy atom.